The third-order valence-corrected chi connectivity index (χ3v) is 5.94. The molecule has 0 spiro atoms. The Balaban J connectivity index is 1.61. The van der Waals surface area contributed by atoms with E-state index in [1.54, 1.807) is 23.5 Å². The number of aromatic nitrogens is 1. The smallest absolute Gasteiger partial charge is 0.310 e. The average molecular weight is 408 g/mol. The van der Waals surface area contributed by atoms with Crippen molar-refractivity contribution < 1.29 is 9.21 Å². The molecule has 0 saturated heterocycles. The lowest BCUT2D eigenvalue weighted by molar-refractivity contribution is 0.0678. The number of rotatable bonds is 3. The molecule has 0 saturated carbocycles. The van der Waals surface area contributed by atoms with Gasteiger partial charge in [0.25, 0.3) is 0 Å². The van der Waals surface area contributed by atoms with Crippen LogP contribution in [0.2, 0.25) is 5.15 Å². The second-order valence-electron chi connectivity index (χ2n) is 6.43. The van der Waals surface area contributed by atoms with Crippen LogP contribution in [0.1, 0.15) is 33.5 Å². The van der Waals surface area contributed by atoms with Gasteiger partial charge in [-0.3, -0.25) is 4.79 Å². The number of nitrogens with zero attached hydrogens (tertiary/aromatic N) is 3. The summed E-state index contributed by atoms with van der Waals surface area (Å²) in [7, 11) is 0. The number of hydrogen-bond acceptors (Lipinski definition) is 5. The van der Waals surface area contributed by atoms with Crippen molar-refractivity contribution in [3.8, 4) is 0 Å². The van der Waals surface area contributed by atoms with Crippen LogP contribution in [-0.2, 0) is 0 Å². The van der Waals surface area contributed by atoms with E-state index in [4.69, 9.17) is 16.0 Å². The summed E-state index contributed by atoms with van der Waals surface area (Å²) in [5, 5.41) is 9.44. The van der Waals surface area contributed by atoms with Crippen molar-refractivity contribution in [2.75, 3.05) is 0 Å². The van der Waals surface area contributed by atoms with Crippen molar-refractivity contribution in [1.82, 2.24) is 9.99 Å². The molecule has 1 amide bonds. The van der Waals surface area contributed by atoms with Crippen LogP contribution in [-0.4, -0.2) is 21.6 Å². The molecule has 0 fully saturated rings. The first-order valence-corrected chi connectivity index (χ1v) is 10.00. The molecule has 3 aromatic heterocycles. The fourth-order valence-electron chi connectivity index (χ4n) is 3.39. The minimum absolute atomic E-state index is 0.242. The number of halogens is 1. The molecule has 0 bridgehead atoms. The topological polar surface area (TPSA) is 58.7 Å². The Kier molecular flexibility index (Phi) is 4.22. The number of benzene rings is 1. The first kappa shape index (κ1) is 17.2. The monoisotopic (exact) mass is 407 g/mol. The zero-order valence-electron chi connectivity index (χ0n) is 14.6. The van der Waals surface area contributed by atoms with Gasteiger partial charge in [0, 0.05) is 17.4 Å². The molecular formula is C21H14ClN3O2S. The van der Waals surface area contributed by atoms with Crippen LogP contribution < -0.4 is 0 Å². The van der Waals surface area contributed by atoms with Gasteiger partial charge in [-0.05, 0) is 35.7 Å². The van der Waals surface area contributed by atoms with Gasteiger partial charge in [0.05, 0.1) is 28.4 Å². The predicted octanol–water partition coefficient (Wildman–Crippen LogP) is 5.53. The van der Waals surface area contributed by atoms with Crippen molar-refractivity contribution >= 4 is 45.5 Å². The van der Waals surface area contributed by atoms with Crippen molar-refractivity contribution in [3.63, 3.8) is 0 Å². The van der Waals surface area contributed by atoms with Crippen LogP contribution >= 0.6 is 22.9 Å². The van der Waals surface area contributed by atoms with Crippen LogP contribution in [0.5, 0.6) is 0 Å². The Morgan fingerprint density at radius 1 is 1.18 bits per heavy atom. The SMILES string of the molecule is O=C(c1ccco1)N1N=C(c2cccs2)CC1c1cc2ccccc2nc1Cl. The molecule has 138 valence electrons. The lowest BCUT2D eigenvalue weighted by atomic mass is 10.0. The minimum Gasteiger partial charge on any atom is -0.459 e. The summed E-state index contributed by atoms with van der Waals surface area (Å²) in [6, 6.07) is 16.7. The van der Waals surface area contributed by atoms with Crippen LogP contribution in [0.15, 0.2) is 75.8 Å². The van der Waals surface area contributed by atoms with E-state index in [0.29, 0.717) is 11.6 Å². The summed E-state index contributed by atoms with van der Waals surface area (Å²) < 4.78 is 5.31. The highest BCUT2D eigenvalue weighted by Crippen LogP contribution is 2.38. The summed E-state index contributed by atoms with van der Waals surface area (Å²) in [4.78, 5) is 18.6. The maximum atomic E-state index is 13.0. The fourth-order valence-corrected chi connectivity index (χ4v) is 4.38. The predicted molar refractivity (Wildman–Crippen MR) is 110 cm³/mol. The van der Waals surface area contributed by atoms with Crippen LogP contribution in [0.4, 0.5) is 0 Å². The minimum atomic E-state index is -0.348. The summed E-state index contributed by atoms with van der Waals surface area (Å²) in [6.07, 6.45) is 2.04. The number of fused-ring (bicyclic) bond motifs is 1. The van der Waals surface area contributed by atoms with Crippen molar-refractivity contribution in [1.29, 1.82) is 0 Å². The molecule has 5 nitrogen and oxygen atoms in total. The van der Waals surface area contributed by atoms with E-state index in [0.717, 1.165) is 27.1 Å². The van der Waals surface area contributed by atoms with E-state index < -0.39 is 0 Å². The highest BCUT2D eigenvalue weighted by molar-refractivity contribution is 7.12. The zero-order valence-corrected chi connectivity index (χ0v) is 16.2. The highest BCUT2D eigenvalue weighted by Gasteiger charge is 2.36. The number of amides is 1. The Morgan fingerprint density at radius 2 is 2.07 bits per heavy atom. The zero-order chi connectivity index (χ0) is 19.1. The molecule has 1 unspecified atom stereocenters. The Bertz CT molecular complexity index is 1190. The molecule has 1 aromatic carbocycles. The number of pyridine rings is 1. The molecule has 1 aliphatic heterocycles. The van der Waals surface area contributed by atoms with Gasteiger partial charge in [-0.2, -0.15) is 5.10 Å². The normalized spacial score (nSPS) is 16.5. The van der Waals surface area contributed by atoms with Gasteiger partial charge in [-0.25, -0.2) is 9.99 Å². The summed E-state index contributed by atoms with van der Waals surface area (Å²) in [6.45, 7) is 0. The third-order valence-electron chi connectivity index (χ3n) is 4.72. The van der Waals surface area contributed by atoms with Crippen molar-refractivity contribution in [3.05, 3.63) is 87.6 Å². The Hall–Kier alpha value is -2.96. The highest BCUT2D eigenvalue weighted by atomic mass is 35.5. The van der Waals surface area contributed by atoms with Crippen LogP contribution in [0.3, 0.4) is 0 Å². The molecule has 4 heterocycles. The number of thiophene rings is 1. The van der Waals surface area contributed by atoms with E-state index in [-0.39, 0.29) is 17.7 Å². The molecule has 0 aliphatic carbocycles. The number of hydrazone groups is 1. The molecule has 0 N–H and O–H groups in total. The van der Waals surface area contributed by atoms with Crippen molar-refractivity contribution in [2.45, 2.75) is 12.5 Å². The standard InChI is InChI=1S/C21H14ClN3O2S/c22-20-14(11-13-5-1-2-6-15(13)23-20)17-12-16(19-8-4-10-28-19)24-25(17)21(26)18-7-3-9-27-18/h1-11,17H,12H2. The largest absolute Gasteiger partial charge is 0.459 e. The van der Waals surface area contributed by atoms with E-state index in [1.807, 2.05) is 47.8 Å². The van der Waals surface area contributed by atoms with Crippen molar-refractivity contribution in [2.24, 2.45) is 5.10 Å². The van der Waals surface area contributed by atoms with Gasteiger partial charge in [0.1, 0.15) is 5.15 Å². The van der Waals surface area contributed by atoms with Gasteiger partial charge >= 0.3 is 5.91 Å². The van der Waals surface area contributed by atoms with E-state index in [1.165, 1.54) is 11.3 Å². The third kappa shape index (κ3) is 2.91. The van der Waals surface area contributed by atoms with E-state index >= 15 is 0 Å². The van der Waals surface area contributed by atoms with E-state index in [9.17, 15) is 4.79 Å². The van der Waals surface area contributed by atoms with Gasteiger partial charge in [-0.1, -0.05) is 35.9 Å². The maximum absolute atomic E-state index is 13.0. The van der Waals surface area contributed by atoms with Gasteiger partial charge in [-0.15, -0.1) is 11.3 Å². The quantitative estimate of drug-likeness (QED) is 0.419. The van der Waals surface area contributed by atoms with Crippen LogP contribution in [0, 0.1) is 0 Å². The average Bonchev–Trinajstić information content (AvgIpc) is 3.48. The second-order valence-corrected chi connectivity index (χ2v) is 7.74. The van der Waals surface area contributed by atoms with Gasteiger partial charge < -0.3 is 4.42 Å². The summed E-state index contributed by atoms with van der Waals surface area (Å²) in [5.41, 5.74) is 2.44. The van der Waals surface area contributed by atoms with E-state index in [2.05, 4.69) is 10.1 Å². The van der Waals surface area contributed by atoms with Gasteiger partial charge in [0.2, 0.25) is 0 Å². The molecule has 1 atom stereocenters. The number of carbonyl (C=O) groups is 1. The lowest BCUT2D eigenvalue weighted by Crippen LogP contribution is -2.27. The first-order valence-electron chi connectivity index (χ1n) is 8.74. The Labute approximate surface area is 169 Å². The number of hydrogen-bond donors (Lipinski definition) is 0. The molecule has 7 heteroatoms. The summed E-state index contributed by atoms with van der Waals surface area (Å²) in [5.74, 6) is -0.0585. The number of carbonyl (C=O) groups excluding carboxylic acids is 1. The molecule has 4 aromatic rings. The number of furan rings is 1. The molecule has 0 radical (unpaired) electrons. The fraction of sp³-hybridized carbons (Fsp3) is 0.0952. The molecular weight excluding hydrogens is 394 g/mol. The number of para-hydroxylation sites is 1. The first-order chi connectivity index (χ1) is 13.7. The molecule has 28 heavy (non-hydrogen) atoms. The maximum Gasteiger partial charge on any atom is 0.310 e. The van der Waals surface area contributed by atoms with Crippen LogP contribution in [0.25, 0.3) is 10.9 Å². The summed E-state index contributed by atoms with van der Waals surface area (Å²) >= 11 is 8.12. The Morgan fingerprint density at radius 3 is 2.86 bits per heavy atom. The molecule has 1 aliphatic rings. The second kappa shape index (κ2) is 6.89. The molecule has 5 rings (SSSR count). The lowest BCUT2D eigenvalue weighted by Gasteiger charge is -2.22. The van der Waals surface area contributed by atoms with Gasteiger partial charge in [0.15, 0.2) is 5.76 Å².